The van der Waals surface area contributed by atoms with E-state index in [2.05, 4.69) is 5.32 Å². The van der Waals surface area contributed by atoms with Gasteiger partial charge in [-0.15, -0.1) is 0 Å². The van der Waals surface area contributed by atoms with Crippen molar-refractivity contribution in [3.05, 3.63) is 24.0 Å². The molecule has 0 bridgehead atoms. The van der Waals surface area contributed by atoms with Gasteiger partial charge in [0, 0.05) is 24.9 Å². The van der Waals surface area contributed by atoms with Crippen molar-refractivity contribution >= 4 is 5.91 Å². The van der Waals surface area contributed by atoms with Crippen LogP contribution in [-0.2, 0) is 4.79 Å². The fourth-order valence-electron chi connectivity index (χ4n) is 1.32. The molecule has 13 heavy (non-hydrogen) atoms. The van der Waals surface area contributed by atoms with Crippen molar-refractivity contribution in [1.29, 1.82) is 0 Å². The first kappa shape index (κ1) is 9.84. The van der Waals surface area contributed by atoms with Crippen LogP contribution in [0.3, 0.4) is 0 Å². The van der Waals surface area contributed by atoms with E-state index in [1.54, 1.807) is 6.20 Å². The summed E-state index contributed by atoms with van der Waals surface area (Å²) in [5.74, 6) is 0.141. The van der Waals surface area contributed by atoms with Crippen LogP contribution < -0.4 is 5.32 Å². The van der Waals surface area contributed by atoms with Crippen molar-refractivity contribution in [3.63, 3.8) is 0 Å². The minimum Gasteiger partial charge on any atom is -0.367 e. The maximum atomic E-state index is 11.7. The number of nitrogens with one attached hydrogen (secondary N) is 1. The van der Waals surface area contributed by atoms with Gasteiger partial charge in [-0.1, -0.05) is 6.08 Å². The smallest absolute Gasteiger partial charge is 0.251 e. The van der Waals surface area contributed by atoms with Crippen molar-refractivity contribution in [3.8, 4) is 0 Å². The number of likely N-dealkylation sites (N-methyl/N-ethyl adjacent to an activating group) is 1. The molecular formula is C10H16N2O. The summed E-state index contributed by atoms with van der Waals surface area (Å²) in [6, 6.07) is 0. The SMILES string of the molecule is CCN(CC)C(=O)C1=CNC=CC1. The predicted molar refractivity (Wildman–Crippen MR) is 52.9 cm³/mol. The fraction of sp³-hybridized carbons (Fsp3) is 0.500. The lowest BCUT2D eigenvalue weighted by molar-refractivity contribution is -0.126. The van der Waals surface area contributed by atoms with Gasteiger partial charge in [-0.05, 0) is 26.5 Å². The van der Waals surface area contributed by atoms with E-state index >= 15 is 0 Å². The van der Waals surface area contributed by atoms with Gasteiger partial charge < -0.3 is 10.2 Å². The van der Waals surface area contributed by atoms with Crippen molar-refractivity contribution in [1.82, 2.24) is 10.2 Å². The number of carbonyl (C=O) groups excluding carboxylic acids is 1. The Hall–Kier alpha value is -1.25. The number of hydrogen-bond donors (Lipinski definition) is 1. The van der Waals surface area contributed by atoms with E-state index in [1.165, 1.54) is 0 Å². The van der Waals surface area contributed by atoms with Crippen LogP contribution in [0.5, 0.6) is 0 Å². The third-order valence-electron chi connectivity index (χ3n) is 2.13. The number of dihydropyridines is 1. The average Bonchev–Trinajstić information content (AvgIpc) is 2.21. The van der Waals surface area contributed by atoms with Gasteiger partial charge in [-0.2, -0.15) is 0 Å². The molecule has 1 aliphatic rings. The highest BCUT2D eigenvalue weighted by Crippen LogP contribution is 2.09. The molecule has 0 saturated heterocycles. The average molecular weight is 180 g/mol. The molecule has 0 saturated carbocycles. The summed E-state index contributed by atoms with van der Waals surface area (Å²) in [7, 11) is 0. The summed E-state index contributed by atoms with van der Waals surface area (Å²) in [4.78, 5) is 13.6. The summed E-state index contributed by atoms with van der Waals surface area (Å²) >= 11 is 0. The second kappa shape index (κ2) is 4.70. The third-order valence-corrected chi connectivity index (χ3v) is 2.13. The van der Waals surface area contributed by atoms with Crippen LogP contribution in [0.1, 0.15) is 20.3 Å². The van der Waals surface area contributed by atoms with Gasteiger partial charge in [0.2, 0.25) is 0 Å². The van der Waals surface area contributed by atoms with Gasteiger partial charge in [0.15, 0.2) is 0 Å². The van der Waals surface area contributed by atoms with Crippen LogP contribution in [0.4, 0.5) is 0 Å². The summed E-state index contributed by atoms with van der Waals surface area (Å²) in [6.45, 7) is 5.54. The largest absolute Gasteiger partial charge is 0.367 e. The van der Waals surface area contributed by atoms with Gasteiger partial charge in [0.25, 0.3) is 5.91 Å². The molecule has 0 spiro atoms. The number of amides is 1. The lowest BCUT2D eigenvalue weighted by Crippen LogP contribution is -2.32. The van der Waals surface area contributed by atoms with Gasteiger partial charge >= 0.3 is 0 Å². The molecule has 72 valence electrons. The monoisotopic (exact) mass is 180 g/mol. The number of hydrogen-bond acceptors (Lipinski definition) is 2. The molecule has 1 rings (SSSR count). The Kier molecular flexibility index (Phi) is 3.55. The predicted octanol–water partition coefficient (Wildman–Crippen LogP) is 1.25. The highest BCUT2D eigenvalue weighted by Gasteiger charge is 2.14. The van der Waals surface area contributed by atoms with Crippen molar-refractivity contribution in [2.75, 3.05) is 13.1 Å². The van der Waals surface area contributed by atoms with Crippen molar-refractivity contribution in [2.24, 2.45) is 0 Å². The molecule has 0 atom stereocenters. The molecule has 0 aliphatic carbocycles. The molecule has 1 aliphatic heterocycles. The molecule has 0 radical (unpaired) electrons. The van der Waals surface area contributed by atoms with Gasteiger partial charge in [-0.3, -0.25) is 4.79 Å². The molecule has 0 unspecified atom stereocenters. The van der Waals surface area contributed by atoms with E-state index in [9.17, 15) is 4.79 Å². The van der Waals surface area contributed by atoms with Crippen LogP contribution in [0, 0.1) is 0 Å². The first-order chi connectivity index (χ1) is 6.29. The molecular weight excluding hydrogens is 164 g/mol. The lowest BCUT2D eigenvalue weighted by Gasteiger charge is -2.20. The maximum absolute atomic E-state index is 11.7. The Bertz CT molecular complexity index is 239. The zero-order valence-corrected chi connectivity index (χ0v) is 8.21. The highest BCUT2D eigenvalue weighted by atomic mass is 16.2. The normalized spacial score (nSPS) is 14.8. The van der Waals surface area contributed by atoms with Crippen LogP contribution in [0.25, 0.3) is 0 Å². The first-order valence-corrected chi connectivity index (χ1v) is 4.69. The molecule has 0 fully saturated rings. The third kappa shape index (κ3) is 2.34. The van der Waals surface area contributed by atoms with Gasteiger partial charge in [-0.25, -0.2) is 0 Å². The summed E-state index contributed by atoms with van der Waals surface area (Å²) < 4.78 is 0. The van der Waals surface area contributed by atoms with E-state index in [1.807, 2.05) is 31.0 Å². The molecule has 3 heteroatoms. The Morgan fingerprint density at radius 3 is 2.69 bits per heavy atom. The van der Waals surface area contributed by atoms with E-state index in [0.29, 0.717) is 0 Å². The molecule has 3 nitrogen and oxygen atoms in total. The van der Waals surface area contributed by atoms with Gasteiger partial charge in [0.1, 0.15) is 0 Å². The molecule has 0 aromatic carbocycles. The number of carbonyl (C=O) groups is 1. The van der Waals surface area contributed by atoms with Crippen molar-refractivity contribution in [2.45, 2.75) is 20.3 Å². The summed E-state index contributed by atoms with van der Waals surface area (Å²) in [6.07, 6.45) is 6.32. The fourth-order valence-corrected chi connectivity index (χ4v) is 1.32. The first-order valence-electron chi connectivity index (χ1n) is 4.69. The zero-order chi connectivity index (χ0) is 9.68. The highest BCUT2D eigenvalue weighted by molar-refractivity contribution is 5.93. The van der Waals surface area contributed by atoms with Gasteiger partial charge in [0.05, 0.1) is 0 Å². The van der Waals surface area contributed by atoms with E-state index in [0.717, 1.165) is 25.1 Å². The van der Waals surface area contributed by atoms with Crippen molar-refractivity contribution < 1.29 is 4.79 Å². The quantitative estimate of drug-likeness (QED) is 0.708. The van der Waals surface area contributed by atoms with Crippen LogP contribution in [0.2, 0.25) is 0 Å². The molecule has 1 amide bonds. The zero-order valence-electron chi connectivity index (χ0n) is 8.21. The second-order valence-corrected chi connectivity index (χ2v) is 2.92. The van der Waals surface area contributed by atoms with Crippen LogP contribution in [-0.4, -0.2) is 23.9 Å². The molecule has 1 heterocycles. The van der Waals surface area contributed by atoms with E-state index in [-0.39, 0.29) is 5.91 Å². The Morgan fingerprint density at radius 2 is 2.23 bits per heavy atom. The molecule has 0 aromatic heterocycles. The second-order valence-electron chi connectivity index (χ2n) is 2.92. The minimum absolute atomic E-state index is 0.141. The van der Waals surface area contributed by atoms with E-state index < -0.39 is 0 Å². The lowest BCUT2D eigenvalue weighted by atomic mass is 10.1. The summed E-state index contributed by atoms with van der Waals surface area (Å²) in [5.41, 5.74) is 0.839. The summed E-state index contributed by atoms with van der Waals surface area (Å²) in [5, 5.41) is 2.93. The van der Waals surface area contributed by atoms with Crippen LogP contribution >= 0.6 is 0 Å². The Balaban J connectivity index is 2.60. The topological polar surface area (TPSA) is 32.3 Å². The number of nitrogens with zero attached hydrogens (tertiary/aromatic N) is 1. The number of allylic oxidation sites excluding steroid dienone is 1. The van der Waals surface area contributed by atoms with Crippen LogP contribution in [0.15, 0.2) is 24.0 Å². The van der Waals surface area contributed by atoms with E-state index in [4.69, 9.17) is 0 Å². The maximum Gasteiger partial charge on any atom is 0.251 e. The standard InChI is InChI=1S/C10H16N2O/c1-3-12(4-2)10(13)9-6-5-7-11-8-9/h5,7-8,11H,3-4,6H2,1-2H3. The molecule has 0 aromatic rings. The number of rotatable bonds is 3. The molecule has 1 N–H and O–H groups in total. The minimum atomic E-state index is 0.141. The Labute approximate surface area is 79.1 Å². The Morgan fingerprint density at radius 1 is 1.54 bits per heavy atom.